The highest BCUT2D eigenvalue weighted by Gasteiger charge is 2.29. The van der Waals surface area contributed by atoms with Crippen LogP contribution in [0.25, 0.3) is 10.8 Å². The van der Waals surface area contributed by atoms with Gasteiger partial charge < -0.3 is 5.32 Å². The average Bonchev–Trinajstić information content (AvgIpc) is 2.59. The first-order chi connectivity index (χ1) is 13.1. The van der Waals surface area contributed by atoms with Crippen molar-refractivity contribution in [1.29, 1.82) is 0 Å². The Balaban J connectivity index is 1.91. The Morgan fingerprint density at radius 2 is 1.54 bits per heavy atom. The molecule has 0 saturated heterocycles. The Labute approximate surface area is 166 Å². The lowest BCUT2D eigenvalue weighted by atomic mass is 10.1. The van der Waals surface area contributed by atoms with Gasteiger partial charge in [-0.25, -0.2) is 8.42 Å². The fourth-order valence-electron chi connectivity index (χ4n) is 3.40. The number of nitrogens with zero attached hydrogens (tertiary/aromatic N) is 1. The van der Waals surface area contributed by atoms with Gasteiger partial charge in [-0.3, -0.25) is 9.10 Å². The van der Waals surface area contributed by atoms with Gasteiger partial charge in [0.25, 0.3) is 0 Å². The number of anilines is 2. The second-order valence-corrected chi connectivity index (χ2v) is 8.99. The van der Waals surface area contributed by atoms with Gasteiger partial charge in [0.1, 0.15) is 6.04 Å². The Bertz CT molecular complexity index is 1120. The summed E-state index contributed by atoms with van der Waals surface area (Å²) in [7, 11) is -3.65. The second-order valence-electron chi connectivity index (χ2n) is 7.13. The number of sulfonamides is 1. The molecule has 0 unspecified atom stereocenters. The maximum atomic E-state index is 12.9. The first-order valence-electron chi connectivity index (χ1n) is 9.02. The van der Waals surface area contributed by atoms with E-state index in [1.807, 2.05) is 62.4 Å². The largest absolute Gasteiger partial charge is 0.324 e. The zero-order valence-corrected chi connectivity index (χ0v) is 17.2. The Kier molecular flexibility index (Phi) is 5.42. The number of amides is 1. The molecule has 3 aromatic carbocycles. The van der Waals surface area contributed by atoms with Gasteiger partial charge in [-0.2, -0.15) is 0 Å². The van der Waals surface area contributed by atoms with Crippen molar-refractivity contribution < 1.29 is 13.2 Å². The van der Waals surface area contributed by atoms with E-state index in [-0.39, 0.29) is 5.91 Å². The molecule has 3 aromatic rings. The van der Waals surface area contributed by atoms with E-state index in [2.05, 4.69) is 5.32 Å². The van der Waals surface area contributed by atoms with Crippen LogP contribution in [-0.2, 0) is 14.8 Å². The van der Waals surface area contributed by atoms with E-state index in [1.165, 1.54) is 4.31 Å². The van der Waals surface area contributed by atoms with Crippen molar-refractivity contribution in [2.24, 2.45) is 0 Å². The topological polar surface area (TPSA) is 66.5 Å². The van der Waals surface area contributed by atoms with Crippen LogP contribution < -0.4 is 9.62 Å². The molecule has 1 N–H and O–H groups in total. The lowest BCUT2D eigenvalue weighted by Crippen LogP contribution is -2.45. The molecule has 5 nitrogen and oxygen atoms in total. The molecule has 0 heterocycles. The van der Waals surface area contributed by atoms with E-state index in [1.54, 1.807) is 19.1 Å². The van der Waals surface area contributed by atoms with E-state index >= 15 is 0 Å². The normalized spacial score (nSPS) is 12.6. The van der Waals surface area contributed by atoms with Crippen LogP contribution in [0.15, 0.2) is 60.7 Å². The summed E-state index contributed by atoms with van der Waals surface area (Å²) in [5.74, 6) is -0.389. The standard InChI is InChI=1S/C22H24N2O3S/c1-15-11-16(2)13-21(12-15)24(28(4,26)27)17(3)22(25)23-20-10-9-18-7-5-6-8-19(18)14-20/h5-14,17H,1-4H3,(H,23,25)/t17-/m1/s1. The number of carbonyl (C=O) groups is 1. The molecule has 1 amide bonds. The molecule has 146 valence electrons. The lowest BCUT2D eigenvalue weighted by molar-refractivity contribution is -0.116. The minimum Gasteiger partial charge on any atom is -0.324 e. The molecule has 0 aromatic heterocycles. The van der Waals surface area contributed by atoms with Gasteiger partial charge in [0.05, 0.1) is 11.9 Å². The van der Waals surface area contributed by atoms with E-state index in [0.29, 0.717) is 11.4 Å². The maximum absolute atomic E-state index is 12.9. The van der Waals surface area contributed by atoms with Gasteiger partial charge in [-0.1, -0.05) is 36.4 Å². The number of hydrogen-bond acceptors (Lipinski definition) is 3. The Morgan fingerprint density at radius 1 is 0.929 bits per heavy atom. The van der Waals surface area contributed by atoms with Crippen LogP contribution in [0.5, 0.6) is 0 Å². The van der Waals surface area contributed by atoms with Gasteiger partial charge in [-0.05, 0) is 66.9 Å². The third-order valence-electron chi connectivity index (χ3n) is 4.57. The summed E-state index contributed by atoms with van der Waals surface area (Å²) in [6.07, 6.45) is 1.12. The van der Waals surface area contributed by atoms with Crippen LogP contribution in [0.1, 0.15) is 18.1 Å². The minimum atomic E-state index is -3.65. The second kappa shape index (κ2) is 7.64. The van der Waals surface area contributed by atoms with Crippen LogP contribution >= 0.6 is 0 Å². The van der Waals surface area contributed by atoms with E-state index < -0.39 is 16.1 Å². The summed E-state index contributed by atoms with van der Waals surface area (Å²) in [6.45, 7) is 5.39. The highest BCUT2D eigenvalue weighted by Crippen LogP contribution is 2.25. The summed E-state index contributed by atoms with van der Waals surface area (Å²) in [4.78, 5) is 12.9. The average molecular weight is 397 g/mol. The summed E-state index contributed by atoms with van der Waals surface area (Å²) in [6, 6.07) is 18.1. The first-order valence-corrected chi connectivity index (χ1v) is 10.9. The van der Waals surface area contributed by atoms with Gasteiger partial charge in [-0.15, -0.1) is 0 Å². The molecular weight excluding hydrogens is 372 g/mol. The van der Waals surface area contributed by atoms with Crippen molar-refractivity contribution in [3.05, 3.63) is 71.8 Å². The Morgan fingerprint density at radius 3 is 2.14 bits per heavy atom. The van der Waals surface area contributed by atoms with Crippen molar-refractivity contribution >= 4 is 38.1 Å². The van der Waals surface area contributed by atoms with Crippen molar-refractivity contribution in [3.8, 4) is 0 Å². The van der Waals surface area contributed by atoms with Crippen molar-refractivity contribution in [1.82, 2.24) is 0 Å². The minimum absolute atomic E-state index is 0.389. The van der Waals surface area contributed by atoms with Crippen molar-refractivity contribution in [2.75, 3.05) is 15.9 Å². The first kappa shape index (κ1) is 19.9. The number of nitrogens with one attached hydrogen (secondary N) is 1. The van der Waals surface area contributed by atoms with E-state index in [0.717, 1.165) is 28.2 Å². The third kappa shape index (κ3) is 4.34. The van der Waals surface area contributed by atoms with E-state index in [9.17, 15) is 13.2 Å². The summed E-state index contributed by atoms with van der Waals surface area (Å²) >= 11 is 0. The van der Waals surface area contributed by atoms with Gasteiger partial charge in [0.2, 0.25) is 15.9 Å². The lowest BCUT2D eigenvalue weighted by Gasteiger charge is -2.28. The molecular formula is C22H24N2O3S. The SMILES string of the molecule is Cc1cc(C)cc(N([C@H](C)C(=O)Nc2ccc3ccccc3c2)S(C)(=O)=O)c1. The molecule has 6 heteroatoms. The molecule has 0 fully saturated rings. The molecule has 0 aliphatic carbocycles. The molecule has 1 atom stereocenters. The highest BCUT2D eigenvalue weighted by atomic mass is 32.2. The number of fused-ring (bicyclic) bond motifs is 1. The van der Waals surface area contributed by atoms with Crippen LogP contribution in [0.2, 0.25) is 0 Å². The smallest absolute Gasteiger partial charge is 0.247 e. The van der Waals surface area contributed by atoms with Crippen LogP contribution in [0.3, 0.4) is 0 Å². The molecule has 3 rings (SSSR count). The number of carbonyl (C=O) groups excluding carboxylic acids is 1. The van der Waals surface area contributed by atoms with Crippen LogP contribution in [0, 0.1) is 13.8 Å². The summed E-state index contributed by atoms with van der Waals surface area (Å²) < 4.78 is 26.1. The van der Waals surface area contributed by atoms with Gasteiger partial charge in [0.15, 0.2) is 0 Å². The number of rotatable bonds is 5. The predicted octanol–water partition coefficient (Wildman–Crippen LogP) is 4.25. The quantitative estimate of drug-likeness (QED) is 0.701. The number of hydrogen-bond donors (Lipinski definition) is 1. The molecule has 0 saturated carbocycles. The van der Waals surface area contributed by atoms with Crippen molar-refractivity contribution in [3.63, 3.8) is 0 Å². The monoisotopic (exact) mass is 396 g/mol. The van der Waals surface area contributed by atoms with Crippen LogP contribution in [0.4, 0.5) is 11.4 Å². The molecule has 0 bridgehead atoms. The fraction of sp³-hybridized carbons (Fsp3) is 0.227. The van der Waals surface area contributed by atoms with E-state index in [4.69, 9.17) is 0 Å². The molecule has 0 aliphatic heterocycles. The third-order valence-corrected chi connectivity index (χ3v) is 5.81. The molecule has 28 heavy (non-hydrogen) atoms. The van der Waals surface area contributed by atoms with Gasteiger partial charge in [0, 0.05) is 5.69 Å². The fourth-order valence-corrected chi connectivity index (χ4v) is 4.56. The zero-order valence-electron chi connectivity index (χ0n) is 16.4. The number of benzene rings is 3. The van der Waals surface area contributed by atoms with Gasteiger partial charge >= 0.3 is 0 Å². The van der Waals surface area contributed by atoms with Crippen LogP contribution in [-0.4, -0.2) is 26.6 Å². The highest BCUT2D eigenvalue weighted by molar-refractivity contribution is 7.92. The molecule has 0 aliphatic rings. The summed E-state index contributed by atoms with van der Waals surface area (Å²) in [5, 5.41) is 4.91. The predicted molar refractivity (Wildman–Crippen MR) is 115 cm³/mol. The van der Waals surface area contributed by atoms with Crippen molar-refractivity contribution in [2.45, 2.75) is 26.8 Å². The summed E-state index contributed by atoms with van der Waals surface area (Å²) in [5.41, 5.74) is 2.99. The molecule has 0 radical (unpaired) electrons. The maximum Gasteiger partial charge on any atom is 0.247 e. The zero-order chi connectivity index (χ0) is 20.5. The Hall–Kier alpha value is -2.86. The number of aryl methyl sites for hydroxylation is 2. The molecule has 0 spiro atoms.